The lowest BCUT2D eigenvalue weighted by Crippen LogP contribution is -2.10. The average Bonchev–Trinajstić information content (AvgIpc) is 2.85. The van der Waals surface area contributed by atoms with Gasteiger partial charge in [0, 0.05) is 11.1 Å². The van der Waals surface area contributed by atoms with Gasteiger partial charge in [-0.2, -0.15) is 0 Å². The van der Waals surface area contributed by atoms with Gasteiger partial charge < -0.3 is 0 Å². The number of rotatable bonds is 4. The lowest BCUT2D eigenvalue weighted by atomic mass is 9.99. The van der Waals surface area contributed by atoms with E-state index in [-0.39, 0.29) is 11.1 Å². The summed E-state index contributed by atoms with van der Waals surface area (Å²) in [5.41, 5.74) is -8.01. The first kappa shape index (κ1) is 16.6. The van der Waals surface area contributed by atoms with Gasteiger partial charge in [-0.3, -0.25) is 45.3 Å². The first-order valence-electron chi connectivity index (χ1n) is 6.64. The summed E-state index contributed by atoms with van der Waals surface area (Å²) in [6.07, 6.45) is 0. The normalized spacial score (nSPS) is 11.6. The highest BCUT2D eigenvalue weighted by Crippen LogP contribution is 2.55. The fraction of sp³-hybridized carbons (Fsp3) is 0. The number of fused-ring (bicyclic) bond motifs is 3. The Kier molecular flexibility index (Phi) is 3.42. The predicted molar refractivity (Wildman–Crippen MR) is 81.9 cm³/mol. The van der Waals surface area contributed by atoms with Gasteiger partial charge in [-0.1, -0.05) is 24.3 Å². The maximum atomic E-state index is 12.5. The molecule has 130 valence electrons. The maximum Gasteiger partial charge on any atom is 0.430 e. The monoisotopic (exact) mass is 360 g/mol. The summed E-state index contributed by atoms with van der Waals surface area (Å²) in [5, 5.41) is 45.4. The quantitative estimate of drug-likeness (QED) is 0.496. The molecule has 0 spiro atoms. The summed E-state index contributed by atoms with van der Waals surface area (Å²) in [5.74, 6) is -1.05. The van der Waals surface area contributed by atoms with Crippen LogP contribution in [0.1, 0.15) is 15.9 Å². The molecule has 1 aliphatic carbocycles. The largest absolute Gasteiger partial charge is 0.430 e. The zero-order valence-corrected chi connectivity index (χ0v) is 12.3. The summed E-state index contributed by atoms with van der Waals surface area (Å²) in [6, 6.07) is 5.17. The molecule has 3 rings (SSSR count). The Bertz CT molecular complexity index is 1080. The van der Waals surface area contributed by atoms with Crippen molar-refractivity contribution < 1.29 is 24.5 Å². The number of nitro benzene ring substituents is 4. The van der Waals surface area contributed by atoms with Crippen LogP contribution in [0.5, 0.6) is 0 Å². The van der Waals surface area contributed by atoms with Crippen LogP contribution in [0.25, 0.3) is 11.1 Å². The second kappa shape index (κ2) is 5.37. The molecule has 0 saturated carbocycles. The van der Waals surface area contributed by atoms with Crippen LogP contribution in [0, 0.1) is 40.5 Å². The summed E-state index contributed by atoms with van der Waals surface area (Å²) < 4.78 is 0. The molecule has 0 bridgehead atoms. The second-order valence-electron chi connectivity index (χ2n) is 5.05. The van der Waals surface area contributed by atoms with Crippen LogP contribution in [0.4, 0.5) is 22.7 Å². The summed E-state index contributed by atoms with van der Waals surface area (Å²) >= 11 is 0. The topological polar surface area (TPSA) is 190 Å². The van der Waals surface area contributed by atoms with E-state index in [1.54, 1.807) is 0 Å². The molecule has 0 amide bonds. The van der Waals surface area contributed by atoms with Gasteiger partial charge in [-0.05, 0) is 0 Å². The van der Waals surface area contributed by atoms with Crippen molar-refractivity contribution in [2.45, 2.75) is 0 Å². The van der Waals surface area contributed by atoms with Crippen LogP contribution in [0.3, 0.4) is 0 Å². The van der Waals surface area contributed by atoms with Crippen LogP contribution >= 0.6 is 0 Å². The van der Waals surface area contributed by atoms with Crippen LogP contribution in [0.2, 0.25) is 0 Å². The van der Waals surface area contributed by atoms with Gasteiger partial charge in [0.2, 0.25) is 5.78 Å². The van der Waals surface area contributed by atoms with Gasteiger partial charge in [0.05, 0.1) is 25.3 Å². The van der Waals surface area contributed by atoms with Crippen LogP contribution in [-0.4, -0.2) is 25.5 Å². The third-order valence-corrected chi connectivity index (χ3v) is 3.79. The molecule has 0 unspecified atom stereocenters. The fourth-order valence-electron chi connectivity index (χ4n) is 2.92. The molecule has 0 fully saturated rings. The van der Waals surface area contributed by atoms with Crippen molar-refractivity contribution >= 4 is 28.5 Å². The van der Waals surface area contributed by atoms with E-state index in [0.717, 1.165) is 0 Å². The van der Waals surface area contributed by atoms with E-state index < -0.39 is 59.4 Å². The lowest BCUT2D eigenvalue weighted by Gasteiger charge is -2.04. The van der Waals surface area contributed by atoms with Gasteiger partial charge in [-0.25, -0.2) is 0 Å². The molecule has 13 heteroatoms. The summed E-state index contributed by atoms with van der Waals surface area (Å²) in [6.45, 7) is 0. The van der Waals surface area contributed by atoms with Crippen molar-refractivity contribution in [2.75, 3.05) is 0 Å². The molecule has 1 aliphatic rings. The van der Waals surface area contributed by atoms with Crippen LogP contribution in [-0.2, 0) is 0 Å². The van der Waals surface area contributed by atoms with E-state index in [2.05, 4.69) is 0 Å². The Morgan fingerprint density at radius 1 is 0.577 bits per heavy atom. The molecule has 0 atom stereocenters. The highest BCUT2D eigenvalue weighted by atomic mass is 16.7. The number of hydrogen-bond acceptors (Lipinski definition) is 9. The molecule has 0 aliphatic heterocycles. The highest BCUT2D eigenvalue weighted by molar-refractivity contribution is 6.27. The number of ketones is 1. The number of nitrogens with zero attached hydrogens (tertiary/aromatic N) is 4. The molecule has 2 aromatic rings. The van der Waals surface area contributed by atoms with Crippen LogP contribution in [0.15, 0.2) is 24.3 Å². The van der Waals surface area contributed by atoms with Gasteiger partial charge in [-0.15, -0.1) is 0 Å². The van der Waals surface area contributed by atoms with E-state index in [4.69, 9.17) is 0 Å². The first-order chi connectivity index (χ1) is 12.2. The predicted octanol–water partition coefficient (Wildman–Crippen LogP) is 2.53. The average molecular weight is 360 g/mol. The Morgan fingerprint density at radius 2 is 0.962 bits per heavy atom. The summed E-state index contributed by atoms with van der Waals surface area (Å²) in [4.78, 5) is 52.5. The van der Waals surface area contributed by atoms with Gasteiger partial charge in [0.15, 0.2) is 0 Å². The molecular weight excluding hydrogens is 356 g/mol. The number of benzene rings is 2. The zero-order chi connectivity index (χ0) is 19.3. The first-order valence-corrected chi connectivity index (χ1v) is 6.64. The fourth-order valence-corrected chi connectivity index (χ4v) is 2.92. The number of carbonyl (C=O) groups excluding carboxylic acids is 1. The number of nitro groups is 4. The molecule has 0 saturated heterocycles. The number of carbonyl (C=O) groups is 1. The van der Waals surface area contributed by atoms with E-state index >= 15 is 0 Å². The third-order valence-electron chi connectivity index (χ3n) is 3.79. The van der Waals surface area contributed by atoms with E-state index in [1.165, 1.54) is 24.3 Å². The van der Waals surface area contributed by atoms with E-state index in [9.17, 15) is 45.3 Å². The number of hydrogen-bond donors (Lipinski definition) is 0. The molecule has 2 aromatic carbocycles. The Balaban J connectivity index is 2.69. The van der Waals surface area contributed by atoms with Gasteiger partial charge in [0.25, 0.3) is 0 Å². The molecule has 13 nitrogen and oxygen atoms in total. The van der Waals surface area contributed by atoms with E-state index in [0.29, 0.717) is 0 Å². The molecule has 0 N–H and O–H groups in total. The van der Waals surface area contributed by atoms with Crippen molar-refractivity contribution in [3.8, 4) is 11.1 Å². The maximum absolute atomic E-state index is 12.5. The van der Waals surface area contributed by atoms with Gasteiger partial charge >= 0.3 is 22.7 Å². The third kappa shape index (κ3) is 2.00. The Hall–Kier alpha value is -4.29. The minimum absolute atomic E-state index is 0.139. The lowest BCUT2D eigenvalue weighted by molar-refractivity contribution is -0.451. The SMILES string of the molecule is O=C1c2ccccc2-c2c1c([N+](=O)[O-])c([N+](=O)[O-])c([N+](=O)[O-])c2[N+](=O)[O-]. The second-order valence-corrected chi connectivity index (χ2v) is 5.05. The minimum atomic E-state index is -1.70. The van der Waals surface area contributed by atoms with Crippen molar-refractivity contribution in [3.05, 3.63) is 75.8 Å². The van der Waals surface area contributed by atoms with E-state index in [1.807, 2.05) is 0 Å². The molecule has 0 radical (unpaired) electrons. The standard InChI is InChI=1S/C13H4N4O9/c18-13-6-4-2-1-3-5(6)7-8(13)10(15(21)22)12(17(25)26)11(16(23)24)9(7)14(19)20/h1-4H. The minimum Gasteiger partial charge on any atom is -0.288 e. The Labute approximate surface area is 141 Å². The molecule has 26 heavy (non-hydrogen) atoms. The summed E-state index contributed by atoms with van der Waals surface area (Å²) in [7, 11) is 0. The van der Waals surface area contributed by atoms with Crippen molar-refractivity contribution in [1.82, 2.24) is 0 Å². The van der Waals surface area contributed by atoms with Crippen molar-refractivity contribution in [2.24, 2.45) is 0 Å². The van der Waals surface area contributed by atoms with Crippen LogP contribution < -0.4 is 0 Å². The highest BCUT2D eigenvalue weighted by Gasteiger charge is 2.54. The smallest absolute Gasteiger partial charge is 0.288 e. The van der Waals surface area contributed by atoms with Crippen molar-refractivity contribution in [3.63, 3.8) is 0 Å². The molecule has 0 aromatic heterocycles. The Morgan fingerprint density at radius 3 is 1.38 bits per heavy atom. The van der Waals surface area contributed by atoms with Crippen molar-refractivity contribution in [1.29, 1.82) is 0 Å². The zero-order valence-electron chi connectivity index (χ0n) is 12.3. The molecular formula is C13H4N4O9. The van der Waals surface area contributed by atoms with Gasteiger partial charge in [0.1, 0.15) is 5.56 Å². The molecule has 0 heterocycles.